The van der Waals surface area contributed by atoms with Crippen LogP contribution in [0.15, 0.2) is 24.3 Å². The summed E-state index contributed by atoms with van der Waals surface area (Å²) in [6.07, 6.45) is 4.43. The standard InChI is InChI=1S/C16H19N3/c1-3-11-7-9-12(10-8-11)15-18-14-6-4-5-13(14)16(17-2)19-15/h7-10H,3-6H2,1-2H3,(H,17,18,19). The highest BCUT2D eigenvalue weighted by atomic mass is 15.0. The predicted octanol–water partition coefficient (Wildman–Crippen LogP) is 3.24. The smallest absolute Gasteiger partial charge is 0.161 e. The fourth-order valence-corrected chi connectivity index (χ4v) is 2.66. The molecule has 0 aliphatic heterocycles. The zero-order valence-corrected chi connectivity index (χ0v) is 11.5. The number of hydrogen-bond donors (Lipinski definition) is 1. The Morgan fingerprint density at radius 2 is 1.89 bits per heavy atom. The van der Waals surface area contributed by atoms with E-state index in [0.29, 0.717) is 0 Å². The summed E-state index contributed by atoms with van der Waals surface area (Å²) >= 11 is 0. The zero-order chi connectivity index (χ0) is 13.2. The number of aromatic nitrogens is 2. The zero-order valence-electron chi connectivity index (χ0n) is 11.5. The third-order valence-electron chi connectivity index (χ3n) is 3.79. The van der Waals surface area contributed by atoms with Gasteiger partial charge >= 0.3 is 0 Å². The molecule has 1 aromatic carbocycles. The molecule has 1 N–H and O–H groups in total. The lowest BCUT2D eigenvalue weighted by molar-refractivity contribution is 0.900. The van der Waals surface area contributed by atoms with Gasteiger partial charge in [0.25, 0.3) is 0 Å². The maximum absolute atomic E-state index is 4.74. The number of nitrogens with zero attached hydrogens (tertiary/aromatic N) is 2. The van der Waals surface area contributed by atoms with Crippen LogP contribution in [0.4, 0.5) is 5.82 Å². The molecule has 3 rings (SSSR count). The van der Waals surface area contributed by atoms with Gasteiger partial charge in [0.2, 0.25) is 0 Å². The van der Waals surface area contributed by atoms with Crippen LogP contribution in [-0.4, -0.2) is 17.0 Å². The van der Waals surface area contributed by atoms with Gasteiger partial charge in [-0.2, -0.15) is 0 Å². The highest BCUT2D eigenvalue weighted by molar-refractivity contribution is 5.60. The van der Waals surface area contributed by atoms with Crippen molar-refractivity contribution in [2.75, 3.05) is 12.4 Å². The van der Waals surface area contributed by atoms with Crippen molar-refractivity contribution in [1.29, 1.82) is 0 Å². The van der Waals surface area contributed by atoms with E-state index >= 15 is 0 Å². The van der Waals surface area contributed by atoms with Crippen LogP contribution in [0.2, 0.25) is 0 Å². The Kier molecular flexibility index (Phi) is 3.20. The SMILES string of the molecule is CCc1ccc(-c2nc3c(c(NC)n2)CCC3)cc1. The minimum absolute atomic E-state index is 0.840. The van der Waals surface area contributed by atoms with Gasteiger partial charge in [0.1, 0.15) is 5.82 Å². The monoisotopic (exact) mass is 253 g/mol. The van der Waals surface area contributed by atoms with Gasteiger partial charge in [-0.25, -0.2) is 9.97 Å². The fraction of sp³-hybridized carbons (Fsp3) is 0.375. The Balaban J connectivity index is 2.04. The second kappa shape index (κ2) is 5.00. The first-order valence-electron chi connectivity index (χ1n) is 6.98. The Labute approximate surface area is 114 Å². The van der Waals surface area contributed by atoms with Crippen LogP contribution >= 0.6 is 0 Å². The van der Waals surface area contributed by atoms with Gasteiger partial charge in [0.15, 0.2) is 5.82 Å². The Morgan fingerprint density at radius 3 is 2.58 bits per heavy atom. The summed E-state index contributed by atoms with van der Waals surface area (Å²) in [7, 11) is 1.94. The van der Waals surface area contributed by atoms with Crippen molar-refractivity contribution >= 4 is 5.82 Å². The van der Waals surface area contributed by atoms with Crippen LogP contribution in [-0.2, 0) is 19.3 Å². The predicted molar refractivity (Wildman–Crippen MR) is 78.4 cm³/mol. The molecule has 0 unspecified atom stereocenters. The molecule has 1 aliphatic rings. The number of hydrogen-bond acceptors (Lipinski definition) is 3. The van der Waals surface area contributed by atoms with Crippen LogP contribution < -0.4 is 5.32 Å². The first-order valence-corrected chi connectivity index (χ1v) is 6.98. The number of fused-ring (bicyclic) bond motifs is 1. The van der Waals surface area contributed by atoms with Crippen LogP contribution in [0.3, 0.4) is 0 Å². The molecule has 19 heavy (non-hydrogen) atoms. The molecule has 0 saturated heterocycles. The van der Waals surface area contributed by atoms with E-state index in [1.54, 1.807) is 0 Å². The molecular weight excluding hydrogens is 234 g/mol. The van der Waals surface area contributed by atoms with Crippen molar-refractivity contribution < 1.29 is 0 Å². The molecule has 3 nitrogen and oxygen atoms in total. The first-order chi connectivity index (χ1) is 9.31. The molecule has 0 amide bonds. The third kappa shape index (κ3) is 2.21. The summed E-state index contributed by atoms with van der Waals surface area (Å²) < 4.78 is 0. The summed E-state index contributed by atoms with van der Waals surface area (Å²) in [6, 6.07) is 8.56. The maximum atomic E-state index is 4.74. The first kappa shape index (κ1) is 12.2. The molecule has 0 fully saturated rings. The van der Waals surface area contributed by atoms with E-state index in [-0.39, 0.29) is 0 Å². The van der Waals surface area contributed by atoms with Crippen molar-refractivity contribution in [2.24, 2.45) is 0 Å². The number of benzene rings is 1. The Bertz CT molecular complexity index is 588. The van der Waals surface area contributed by atoms with Crippen molar-refractivity contribution in [1.82, 2.24) is 9.97 Å². The molecule has 0 atom stereocenters. The normalized spacial score (nSPS) is 13.4. The lowest BCUT2D eigenvalue weighted by Gasteiger charge is -2.09. The van der Waals surface area contributed by atoms with E-state index in [0.717, 1.165) is 36.5 Å². The average molecular weight is 253 g/mol. The van der Waals surface area contributed by atoms with E-state index in [1.165, 1.54) is 23.2 Å². The number of nitrogens with one attached hydrogen (secondary N) is 1. The molecule has 1 heterocycles. The quantitative estimate of drug-likeness (QED) is 0.912. The molecule has 2 aromatic rings. The summed E-state index contributed by atoms with van der Waals surface area (Å²) in [6.45, 7) is 2.17. The molecular formula is C16H19N3. The molecule has 1 aliphatic carbocycles. The topological polar surface area (TPSA) is 37.8 Å². The largest absolute Gasteiger partial charge is 0.373 e. The molecule has 0 bridgehead atoms. The Morgan fingerprint density at radius 1 is 1.11 bits per heavy atom. The van der Waals surface area contributed by atoms with Crippen molar-refractivity contribution in [3.05, 3.63) is 41.1 Å². The maximum Gasteiger partial charge on any atom is 0.161 e. The molecule has 98 valence electrons. The van der Waals surface area contributed by atoms with Gasteiger partial charge in [-0.05, 0) is 31.2 Å². The van der Waals surface area contributed by atoms with E-state index in [4.69, 9.17) is 4.98 Å². The van der Waals surface area contributed by atoms with E-state index in [1.807, 2.05) is 7.05 Å². The summed E-state index contributed by atoms with van der Waals surface area (Å²) in [5.41, 5.74) is 4.97. The van der Waals surface area contributed by atoms with Crippen LogP contribution in [0.1, 0.15) is 30.2 Å². The van der Waals surface area contributed by atoms with Crippen molar-refractivity contribution in [2.45, 2.75) is 32.6 Å². The summed E-state index contributed by atoms with van der Waals surface area (Å²) in [4.78, 5) is 9.40. The fourth-order valence-electron chi connectivity index (χ4n) is 2.66. The van der Waals surface area contributed by atoms with Gasteiger partial charge in [0, 0.05) is 23.9 Å². The highest BCUT2D eigenvalue weighted by Crippen LogP contribution is 2.28. The molecule has 0 radical (unpaired) electrons. The van der Waals surface area contributed by atoms with Crippen molar-refractivity contribution in [3.8, 4) is 11.4 Å². The third-order valence-corrected chi connectivity index (χ3v) is 3.79. The highest BCUT2D eigenvalue weighted by Gasteiger charge is 2.19. The molecule has 1 aromatic heterocycles. The second-order valence-corrected chi connectivity index (χ2v) is 4.98. The number of aryl methyl sites for hydroxylation is 2. The lowest BCUT2D eigenvalue weighted by atomic mass is 10.1. The number of rotatable bonds is 3. The molecule has 0 saturated carbocycles. The van der Waals surface area contributed by atoms with Gasteiger partial charge in [-0.1, -0.05) is 31.2 Å². The second-order valence-electron chi connectivity index (χ2n) is 4.98. The summed E-state index contributed by atoms with van der Waals surface area (Å²) in [5.74, 6) is 1.84. The van der Waals surface area contributed by atoms with Gasteiger partial charge in [-0.15, -0.1) is 0 Å². The molecule has 0 spiro atoms. The molecule has 3 heteroatoms. The van der Waals surface area contributed by atoms with Gasteiger partial charge in [-0.3, -0.25) is 0 Å². The van der Waals surface area contributed by atoms with Crippen LogP contribution in [0.5, 0.6) is 0 Å². The van der Waals surface area contributed by atoms with Gasteiger partial charge < -0.3 is 5.32 Å². The summed E-state index contributed by atoms with van der Waals surface area (Å²) in [5, 5.41) is 3.21. The minimum Gasteiger partial charge on any atom is -0.373 e. The van der Waals surface area contributed by atoms with Crippen LogP contribution in [0, 0.1) is 0 Å². The number of anilines is 1. The lowest BCUT2D eigenvalue weighted by Crippen LogP contribution is -2.03. The minimum atomic E-state index is 0.840. The van der Waals surface area contributed by atoms with E-state index < -0.39 is 0 Å². The average Bonchev–Trinajstić information content (AvgIpc) is 2.94. The van der Waals surface area contributed by atoms with E-state index in [2.05, 4.69) is 41.5 Å². The van der Waals surface area contributed by atoms with Crippen molar-refractivity contribution in [3.63, 3.8) is 0 Å². The van der Waals surface area contributed by atoms with E-state index in [9.17, 15) is 0 Å². The van der Waals surface area contributed by atoms with Crippen LogP contribution in [0.25, 0.3) is 11.4 Å². The Hall–Kier alpha value is -1.90. The van der Waals surface area contributed by atoms with Gasteiger partial charge in [0.05, 0.1) is 0 Å².